The normalized spacial score (nSPS) is 11.5. The molecule has 0 saturated heterocycles. The van der Waals surface area contributed by atoms with Crippen molar-refractivity contribution in [2.24, 2.45) is 0 Å². The fourth-order valence-corrected chi connectivity index (χ4v) is 2.35. The fraction of sp³-hybridized carbons (Fsp3) is 0.389. The van der Waals surface area contributed by atoms with Gasteiger partial charge in [-0.15, -0.1) is 11.6 Å². The van der Waals surface area contributed by atoms with Crippen molar-refractivity contribution < 1.29 is 4.74 Å². The number of ether oxygens (including phenoxy) is 1. The van der Waals surface area contributed by atoms with Crippen molar-refractivity contribution in [2.75, 3.05) is 0 Å². The second-order valence-electron chi connectivity index (χ2n) is 5.89. The van der Waals surface area contributed by atoms with Gasteiger partial charge in [-0.3, -0.25) is 0 Å². The maximum Gasteiger partial charge on any atom is 0.219 e. The molecule has 0 bridgehead atoms. The SMILES string of the molecule is CCC(C)(C)c1ccc(Oc2ccc(CCl)c(C)n2)cc1. The molecule has 1 heterocycles. The molecule has 2 aromatic rings. The number of halogens is 1. The number of hydrogen-bond acceptors (Lipinski definition) is 2. The van der Waals surface area contributed by atoms with E-state index in [1.807, 2.05) is 31.2 Å². The molecule has 0 aliphatic rings. The summed E-state index contributed by atoms with van der Waals surface area (Å²) in [5.41, 5.74) is 3.45. The van der Waals surface area contributed by atoms with E-state index in [0.717, 1.165) is 23.4 Å². The van der Waals surface area contributed by atoms with Crippen LogP contribution in [0.25, 0.3) is 0 Å². The first-order valence-corrected chi connectivity index (χ1v) is 7.80. The van der Waals surface area contributed by atoms with Gasteiger partial charge < -0.3 is 4.74 Å². The summed E-state index contributed by atoms with van der Waals surface area (Å²) in [6.07, 6.45) is 1.11. The van der Waals surface area contributed by atoms with Crippen molar-refractivity contribution >= 4 is 11.6 Å². The minimum absolute atomic E-state index is 0.190. The molecule has 0 aliphatic carbocycles. The molecule has 3 heteroatoms. The summed E-state index contributed by atoms with van der Waals surface area (Å²) in [6.45, 7) is 8.64. The molecule has 0 atom stereocenters. The third kappa shape index (κ3) is 3.76. The molecule has 0 unspecified atom stereocenters. The molecule has 1 aromatic heterocycles. The lowest BCUT2D eigenvalue weighted by atomic mass is 9.82. The molecule has 2 nitrogen and oxygen atoms in total. The Morgan fingerprint density at radius 1 is 1.10 bits per heavy atom. The Balaban J connectivity index is 2.15. The van der Waals surface area contributed by atoms with Crippen molar-refractivity contribution in [3.8, 4) is 11.6 Å². The molecule has 0 fully saturated rings. The van der Waals surface area contributed by atoms with E-state index in [9.17, 15) is 0 Å². The molecular weight excluding hydrogens is 282 g/mol. The maximum atomic E-state index is 5.84. The first kappa shape index (κ1) is 15.8. The molecule has 0 amide bonds. The van der Waals surface area contributed by atoms with E-state index in [4.69, 9.17) is 16.3 Å². The highest BCUT2D eigenvalue weighted by Gasteiger charge is 2.17. The van der Waals surface area contributed by atoms with E-state index in [-0.39, 0.29) is 5.41 Å². The number of aromatic nitrogens is 1. The molecule has 0 N–H and O–H groups in total. The summed E-state index contributed by atoms with van der Waals surface area (Å²) in [6, 6.07) is 12.1. The summed E-state index contributed by atoms with van der Waals surface area (Å²) >= 11 is 5.84. The van der Waals surface area contributed by atoms with Gasteiger partial charge in [0.25, 0.3) is 0 Å². The molecule has 112 valence electrons. The van der Waals surface area contributed by atoms with Crippen LogP contribution in [0.4, 0.5) is 0 Å². The van der Waals surface area contributed by atoms with Crippen LogP contribution in [0.5, 0.6) is 11.6 Å². The highest BCUT2D eigenvalue weighted by Crippen LogP contribution is 2.29. The van der Waals surface area contributed by atoms with Gasteiger partial charge in [-0.1, -0.05) is 39.0 Å². The van der Waals surface area contributed by atoms with E-state index >= 15 is 0 Å². The summed E-state index contributed by atoms with van der Waals surface area (Å²) in [5.74, 6) is 1.87. The average molecular weight is 304 g/mol. The van der Waals surface area contributed by atoms with Gasteiger partial charge in [-0.2, -0.15) is 0 Å². The zero-order valence-electron chi connectivity index (χ0n) is 13.1. The van der Waals surface area contributed by atoms with Crippen LogP contribution in [0.2, 0.25) is 0 Å². The van der Waals surface area contributed by atoms with Crippen LogP contribution < -0.4 is 4.74 Å². The van der Waals surface area contributed by atoms with Crippen molar-refractivity contribution in [2.45, 2.75) is 45.4 Å². The zero-order chi connectivity index (χ0) is 15.5. The Morgan fingerprint density at radius 2 is 1.76 bits per heavy atom. The summed E-state index contributed by atoms with van der Waals surface area (Å²) in [4.78, 5) is 4.42. The maximum absolute atomic E-state index is 5.84. The molecule has 21 heavy (non-hydrogen) atoms. The van der Waals surface area contributed by atoms with E-state index in [0.29, 0.717) is 11.8 Å². The lowest BCUT2D eigenvalue weighted by Gasteiger charge is -2.23. The van der Waals surface area contributed by atoms with E-state index in [1.54, 1.807) is 0 Å². The standard InChI is InChI=1S/C18H22ClNO/c1-5-18(3,4)15-7-9-16(10-8-15)21-17-11-6-14(12-19)13(2)20-17/h6-11H,5,12H2,1-4H3. The van der Waals surface area contributed by atoms with Crippen LogP contribution in [-0.4, -0.2) is 4.98 Å². The Hall–Kier alpha value is -1.54. The van der Waals surface area contributed by atoms with Gasteiger partial charge in [-0.25, -0.2) is 4.98 Å². The van der Waals surface area contributed by atoms with Gasteiger partial charge in [-0.05, 0) is 42.0 Å². The van der Waals surface area contributed by atoms with Crippen LogP contribution in [-0.2, 0) is 11.3 Å². The Kier molecular flexibility index (Phi) is 4.89. The van der Waals surface area contributed by atoms with Crippen molar-refractivity contribution in [3.05, 3.63) is 53.2 Å². The average Bonchev–Trinajstić information content (AvgIpc) is 2.48. The van der Waals surface area contributed by atoms with Gasteiger partial charge in [0.1, 0.15) is 5.75 Å². The van der Waals surface area contributed by atoms with Crippen molar-refractivity contribution in [1.82, 2.24) is 4.98 Å². The topological polar surface area (TPSA) is 22.1 Å². The minimum Gasteiger partial charge on any atom is -0.439 e. The number of benzene rings is 1. The number of hydrogen-bond donors (Lipinski definition) is 0. The van der Waals surface area contributed by atoms with Crippen LogP contribution in [0.1, 0.15) is 44.0 Å². The predicted molar refractivity (Wildman–Crippen MR) is 88.4 cm³/mol. The van der Waals surface area contributed by atoms with Crippen LogP contribution >= 0.6 is 11.6 Å². The molecular formula is C18H22ClNO. The number of rotatable bonds is 5. The molecule has 0 saturated carbocycles. The van der Waals surface area contributed by atoms with E-state index in [1.165, 1.54) is 5.56 Å². The Labute approximate surface area is 132 Å². The monoisotopic (exact) mass is 303 g/mol. The molecule has 1 aromatic carbocycles. The van der Waals surface area contributed by atoms with Gasteiger partial charge in [0.05, 0.1) is 0 Å². The number of aryl methyl sites for hydroxylation is 1. The lowest BCUT2D eigenvalue weighted by molar-refractivity contribution is 0.459. The van der Waals surface area contributed by atoms with Crippen LogP contribution in [0, 0.1) is 6.92 Å². The fourth-order valence-electron chi connectivity index (χ4n) is 2.06. The first-order valence-electron chi connectivity index (χ1n) is 7.27. The second-order valence-corrected chi connectivity index (χ2v) is 6.16. The van der Waals surface area contributed by atoms with Crippen molar-refractivity contribution in [3.63, 3.8) is 0 Å². The summed E-state index contributed by atoms with van der Waals surface area (Å²) in [5, 5.41) is 0. The predicted octanol–water partition coefficient (Wildman–Crippen LogP) is 5.61. The van der Waals surface area contributed by atoms with E-state index < -0.39 is 0 Å². The quantitative estimate of drug-likeness (QED) is 0.670. The van der Waals surface area contributed by atoms with Gasteiger partial charge in [0.15, 0.2) is 0 Å². The summed E-state index contributed by atoms with van der Waals surface area (Å²) in [7, 11) is 0. The van der Waals surface area contributed by atoms with Gasteiger partial charge in [0.2, 0.25) is 5.88 Å². The summed E-state index contributed by atoms with van der Waals surface area (Å²) < 4.78 is 5.81. The zero-order valence-corrected chi connectivity index (χ0v) is 13.9. The number of alkyl halides is 1. The van der Waals surface area contributed by atoms with Crippen LogP contribution in [0.15, 0.2) is 36.4 Å². The Bertz CT molecular complexity index is 605. The second kappa shape index (κ2) is 6.48. The van der Waals surface area contributed by atoms with Crippen LogP contribution in [0.3, 0.4) is 0 Å². The number of nitrogens with zero attached hydrogens (tertiary/aromatic N) is 1. The van der Waals surface area contributed by atoms with Gasteiger partial charge >= 0.3 is 0 Å². The van der Waals surface area contributed by atoms with Crippen molar-refractivity contribution in [1.29, 1.82) is 0 Å². The minimum atomic E-state index is 0.190. The third-order valence-electron chi connectivity index (χ3n) is 4.06. The Morgan fingerprint density at radius 3 is 2.29 bits per heavy atom. The van der Waals surface area contributed by atoms with E-state index in [2.05, 4.69) is 37.9 Å². The number of pyridine rings is 1. The highest BCUT2D eigenvalue weighted by atomic mass is 35.5. The molecule has 0 aliphatic heterocycles. The smallest absolute Gasteiger partial charge is 0.219 e. The highest BCUT2D eigenvalue weighted by molar-refractivity contribution is 6.17. The first-order chi connectivity index (χ1) is 9.96. The molecule has 0 spiro atoms. The molecule has 2 rings (SSSR count). The lowest BCUT2D eigenvalue weighted by Crippen LogP contribution is -2.14. The van der Waals surface area contributed by atoms with Gasteiger partial charge in [0, 0.05) is 17.6 Å². The largest absolute Gasteiger partial charge is 0.439 e. The third-order valence-corrected chi connectivity index (χ3v) is 4.34. The molecule has 0 radical (unpaired) electrons.